The number of methoxy groups -OCH3 is 1. The maximum absolute atomic E-state index is 14.0. The number of amides is 2. The first kappa shape index (κ1) is 35.5. The molecule has 44 heavy (non-hydrogen) atoms. The standard InChI is InChI=1S/C32H38Cl3N3O5S/c1-4-5-17-36-32(40)29(19-23-10-7-6-8-11-23)37(22-24-13-14-25(33)20-27(24)34)31(39)12-9-18-38(44(3,41)42)26-15-16-30(43-2)28(35)21-26/h6-8,10-11,13-16,20-21,29H,4-5,9,12,17-19,22H2,1-3H3,(H,36,40)/t29-/m1/s1. The Balaban J connectivity index is 1.90. The fraction of sp³-hybridized carbons (Fsp3) is 0.375. The van der Waals surface area contributed by atoms with E-state index in [4.69, 9.17) is 39.5 Å². The molecule has 8 nitrogen and oxygen atoms in total. The van der Waals surface area contributed by atoms with Crippen LogP contribution < -0.4 is 14.4 Å². The summed E-state index contributed by atoms with van der Waals surface area (Å²) in [4.78, 5) is 29.1. The van der Waals surface area contributed by atoms with Gasteiger partial charge >= 0.3 is 0 Å². The van der Waals surface area contributed by atoms with Crippen molar-refractivity contribution in [3.8, 4) is 5.75 Å². The lowest BCUT2D eigenvalue weighted by atomic mass is 10.0. The van der Waals surface area contributed by atoms with Crippen LogP contribution in [0.4, 0.5) is 5.69 Å². The first-order valence-electron chi connectivity index (χ1n) is 14.3. The van der Waals surface area contributed by atoms with E-state index < -0.39 is 16.1 Å². The zero-order valence-electron chi connectivity index (χ0n) is 25.1. The van der Waals surface area contributed by atoms with Gasteiger partial charge < -0.3 is 15.0 Å². The molecule has 238 valence electrons. The largest absolute Gasteiger partial charge is 0.495 e. The zero-order valence-corrected chi connectivity index (χ0v) is 28.1. The van der Waals surface area contributed by atoms with Gasteiger partial charge in [-0.3, -0.25) is 13.9 Å². The van der Waals surface area contributed by atoms with Crippen molar-refractivity contribution in [2.75, 3.05) is 30.8 Å². The number of sulfonamides is 1. The van der Waals surface area contributed by atoms with Gasteiger partial charge in [0, 0.05) is 42.5 Å². The number of carbonyl (C=O) groups is 2. The Morgan fingerprint density at radius 2 is 1.68 bits per heavy atom. The molecular formula is C32H38Cl3N3O5S. The number of unbranched alkanes of at least 4 members (excludes halogenated alkanes) is 1. The maximum Gasteiger partial charge on any atom is 0.243 e. The molecule has 0 aromatic heterocycles. The van der Waals surface area contributed by atoms with Crippen molar-refractivity contribution in [1.82, 2.24) is 10.2 Å². The summed E-state index contributed by atoms with van der Waals surface area (Å²) in [6.07, 6.45) is 3.26. The Morgan fingerprint density at radius 3 is 2.30 bits per heavy atom. The molecule has 0 heterocycles. The first-order chi connectivity index (χ1) is 20.9. The second-order valence-electron chi connectivity index (χ2n) is 10.4. The fourth-order valence-electron chi connectivity index (χ4n) is 4.71. The van der Waals surface area contributed by atoms with Crippen LogP contribution in [-0.4, -0.2) is 57.6 Å². The van der Waals surface area contributed by atoms with E-state index in [1.54, 1.807) is 30.3 Å². The van der Waals surface area contributed by atoms with Crippen LogP contribution in [0.2, 0.25) is 15.1 Å². The lowest BCUT2D eigenvalue weighted by Crippen LogP contribution is -2.50. The summed E-state index contributed by atoms with van der Waals surface area (Å²) in [5.74, 6) is -0.174. The van der Waals surface area contributed by atoms with E-state index in [2.05, 4.69) is 5.32 Å². The number of nitrogens with zero attached hydrogens (tertiary/aromatic N) is 2. The average Bonchev–Trinajstić information content (AvgIpc) is 2.98. The summed E-state index contributed by atoms with van der Waals surface area (Å²) in [6, 6.07) is 18.4. The molecule has 0 fully saturated rings. The van der Waals surface area contributed by atoms with E-state index in [1.165, 1.54) is 22.4 Å². The number of halogens is 3. The van der Waals surface area contributed by atoms with Crippen LogP contribution in [0.1, 0.15) is 43.7 Å². The molecule has 3 aromatic rings. The highest BCUT2D eigenvalue weighted by Crippen LogP contribution is 2.31. The van der Waals surface area contributed by atoms with E-state index in [9.17, 15) is 18.0 Å². The Kier molecular flexibility index (Phi) is 13.6. The second kappa shape index (κ2) is 16.9. The monoisotopic (exact) mass is 681 g/mol. The van der Waals surface area contributed by atoms with E-state index in [0.717, 1.165) is 24.7 Å². The molecule has 0 saturated heterocycles. The highest BCUT2D eigenvalue weighted by Gasteiger charge is 2.31. The summed E-state index contributed by atoms with van der Waals surface area (Å²) in [5.41, 5.74) is 1.88. The summed E-state index contributed by atoms with van der Waals surface area (Å²) >= 11 is 18.9. The van der Waals surface area contributed by atoms with Crippen molar-refractivity contribution in [2.45, 2.75) is 51.6 Å². The number of ether oxygens (including phenoxy) is 1. The third-order valence-corrected chi connectivity index (χ3v) is 9.11. The number of nitrogens with one attached hydrogen (secondary N) is 1. The molecule has 0 saturated carbocycles. The van der Waals surface area contributed by atoms with Crippen molar-refractivity contribution in [3.05, 3.63) is 92.9 Å². The van der Waals surface area contributed by atoms with Crippen LogP contribution in [-0.2, 0) is 32.6 Å². The number of hydrogen-bond acceptors (Lipinski definition) is 5. The Morgan fingerprint density at radius 1 is 0.955 bits per heavy atom. The normalized spacial score (nSPS) is 12.0. The van der Waals surface area contributed by atoms with Gasteiger partial charge in [0.25, 0.3) is 0 Å². The SMILES string of the molecule is CCCCNC(=O)[C@@H](Cc1ccccc1)N(Cc1ccc(Cl)cc1Cl)C(=O)CCCN(c1ccc(OC)c(Cl)c1)S(C)(=O)=O. The van der Waals surface area contributed by atoms with E-state index in [0.29, 0.717) is 33.6 Å². The van der Waals surface area contributed by atoms with Gasteiger partial charge in [0.2, 0.25) is 21.8 Å². The molecule has 3 rings (SSSR count). The Hall–Kier alpha value is -2.98. The molecule has 0 aliphatic rings. The molecule has 0 bridgehead atoms. The lowest BCUT2D eigenvalue weighted by molar-refractivity contribution is -0.141. The Labute approximate surface area is 275 Å². The number of anilines is 1. The predicted molar refractivity (Wildman–Crippen MR) is 178 cm³/mol. The number of carbonyl (C=O) groups excluding carboxylic acids is 2. The van der Waals surface area contributed by atoms with Gasteiger partial charge in [-0.25, -0.2) is 8.42 Å². The van der Waals surface area contributed by atoms with Crippen molar-refractivity contribution in [3.63, 3.8) is 0 Å². The fourth-order valence-corrected chi connectivity index (χ4v) is 6.39. The maximum atomic E-state index is 14.0. The molecule has 12 heteroatoms. The molecule has 0 aliphatic heterocycles. The van der Waals surface area contributed by atoms with Crippen LogP contribution >= 0.6 is 34.8 Å². The van der Waals surface area contributed by atoms with Gasteiger partial charge in [-0.05, 0) is 54.3 Å². The van der Waals surface area contributed by atoms with Crippen molar-refractivity contribution < 1.29 is 22.7 Å². The Bertz CT molecular complexity index is 1520. The van der Waals surface area contributed by atoms with Crippen LogP contribution in [0.15, 0.2) is 66.7 Å². The molecule has 0 spiro atoms. The highest BCUT2D eigenvalue weighted by molar-refractivity contribution is 7.92. The van der Waals surface area contributed by atoms with Gasteiger partial charge in [0.15, 0.2) is 0 Å². The first-order valence-corrected chi connectivity index (χ1v) is 17.3. The predicted octanol–water partition coefficient (Wildman–Crippen LogP) is 6.76. The molecule has 0 aliphatic carbocycles. The van der Waals surface area contributed by atoms with Crippen LogP contribution in [0.5, 0.6) is 5.75 Å². The van der Waals surface area contributed by atoms with E-state index in [1.807, 2.05) is 37.3 Å². The molecule has 1 N–H and O–H groups in total. The third-order valence-electron chi connectivity index (χ3n) is 7.03. The molecular weight excluding hydrogens is 645 g/mol. The van der Waals surface area contributed by atoms with Crippen molar-refractivity contribution >= 4 is 62.3 Å². The minimum Gasteiger partial charge on any atom is -0.495 e. The molecule has 0 unspecified atom stereocenters. The summed E-state index contributed by atoms with van der Waals surface area (Å²) in [5, 5.41) is 4.07. The molecule has 2 amide bonds. The molecule has 1 atom stereocenters. The minimum atomic E-state index is -3.70. The van der Waals surface area contributed by atoms with Crippen molar-refractivity contribution in [1.29, 1.82) is 0 Å². The average molecular weight is 683 g/mol. The van der Waals surface area contributed by atoms with Gasteiger partial charge in [-0.2, -0.15) is 0 Å². The molecule has 3 aromatic carbocycles. The summed E-state index contributed by atoms with van der Waals surface area (Å²) in [7, 11) is -2.23. The lowest BCUT2D eigenvalue weighted by Gasteiger charge is -2.32. The highest BCUT2D eigenvalue weighted by atomic mass is 35.5. The topological polar surface area (TPSA) is 96.0 Å². The van der Waals surface area contributed by atoms with Gasteiger partial charge in [0.1, 0.15) is 11.8 Å². The number of benzene rings is 3. The summed E-state index contributed by atoms with van der Waals surface area (Å²) < 4.78 is 31.8. The quantitative estimate of drug-likeness (QED) is 0.169. The number of rotatable bonds is 16. The molecule has 0 radical (unpaired) electrons. The smallest absolute Gasteiger partial charge is 0.243 e. The van der Waals surface area contributed by atoms with Crippen molar-refractivity contribution in [2.24, 2.45) is 0 Å². The van der Waals surface area contributed by atoms with Crippen LogP contribution in [0, 0.1) is 0 Å². The van der Waals surface area contributed by atoms with Gasteiger partial charge in [-0.1, -0.05) is 84.5 Å². The van der Waals surface area contributed by atoms with Crippen LogP contribution in [0.25, 0.3) is 0 Å². The second-order valence-corrected chi connectivity index (χ2v) is 13.5. The van der Waals surface area contributed by atoms with Crippen LogP contribution in [0.3, 0.4) is 0 Å². The van der Waals surface area contributed by atoms with Gasteiger partial charge in [-0.15, -0.1) is 0 Å². The van der Waals surface area contributed by atoms with Gasteiger partial charge in [0.05, 0.1) is 24.1 Å². The van der Waals surface area contributed by atoms with E-state index in [-0.39, 0.29) is 49.2 Å². The third kappa shape index (κ3) is 10.3. The van der Waals surface area contributed by atoms with E-state index >= 15 is 0 Å². The minimum absolute atomic E-state index is 0.0192. The number of hydrogen-bond donors (Lipinski definition) is 1. The zero-order chi connectivity index (χ0) is 32.3. The summed E-state index contributed by atoms with van der Waals surface area (Å²) in [6.45, 7) is 2.61.